The van der Waals surface area contributed by atoms with Crippen molar-refractivity contribution in [1.29, 1.82) is 0 Å². The fraction of sp³-hybridized carbons (Fsp3) is 0.258. The fourth-order valence-corrected chi connectivity index (χ4v) is 5.66. The largest absolute Gasteiger partial charge is 0.495 e. The van der Waals surface area contributed by atoms with Gasteiger partial charge in [0, 0.05) is 49.0 Å². The van der Waals surface area contributed by atoms with E-state index in [2.05, 4.69) is 27.8 Å². The first-order chi connectivity index (χ1) is 20.2. The van der Waals surface area contributed by atoms with E-state index in [1.165, 1.54) is 20.3 Å². The van der Waals surface area contributed by atoms with E-state index < -0.39 is 0 Å². The average Bonchev–Trinajstić information content (AvgIpc) is 3.01. The first-order valence-electron chi connectivity index (χ1n) is 13.3. The van der Waals surface area contributed by atoms with Crippen LogP contribution in [0.25, 0.3) is 22.0 Å². The van der Waals surface area contributed by atoms with Crippen molar-refractivity contribution in [2.24, 2.45) is 0 Å². The molecule has 4 aromatic rings. The molecule has 42 heavy (non-hydrogen) atoms. The highest BCUT2D eigenvalue weighted by atomic mass is 35.5. The zero-order valence-electron chi connectivity index (χ0n) is 23.8. The van der Waals surface area contributed by atoms with Crippen LogP contribution in [-0.4, -0.2) is 63.4 Å². The van der Waals surface area contributed by atoms with Crippen LogP contribution in [0.3, 0.4) is 0 Å². The third-order valence-corrected chi connectivity index (χ3v) is 7.97. The summed E-state index contributed by atoms with van der Waals surface area (Å²) in [6.45, 7) is 8.52. The molecule has 1 amide bonds. The van der Waals surface area contributed by atoms with Crippen LogP contribution in [0.5, 0.6) is 11.5 Å². The number of rotatable bonds is 8. The fourth-order valence-electron chi connectivity index (χ4n) is 4.94. The Hall–Kier alpha value is -4.05. The number of hydrogen-bond acceptors (Lipinski definition) is 8. The number of nitrogens with one attached hydrogen (secondary N) is 1. The first kappa shape index (κ1) is 29.4. The summed E-state index contributed by atoms with van der Waals surface area (Å²) in [5.74, 6) is 1.07. The molecule has 1 aromatic heterocycles. The third kappa shape index (κ3) is 5.68. The second-order valence-corrected chi connectivity index (χ2v) is 10.5. The third-order valence-electron chi connectivity index (χ3n) is 7.22. The van der Waals surface area contributed by atoms with E-state index in [1.54, 1.807) is 24.2 Å². The van der Waals surface area contributed by atoms with Gasteiger partial charge in [-0.2, -0.15) is 0 Å². The number of anilines is 4. The number of halogens is 2. The van der Waals surface area contributed by atoms with Crippen LogP contribution in [-0.2, 0) is 9.53 Å². The van der Waals surface area contributed by atoms with Crippen molar-refractivity contribution in [3.63, 3.8) is 0 Å². The van der Waals surface area contributed by atoms with Gasteiger partial charge in [-0.15, -0.1) is 0 Å². The molecule has 9 nitrogen and oxygen atoms in total. The van der Waals surface area contributed by atoms with E-state index in [1.807, 2.05) is 31.2 Å². The number of carbonyl (C=O) groups excluding carboxylic acids is 1. The van der Waals surface area contributed by atoms with Gasteiger partial charge in [-0.3, -0.25) is 4.79 Å². The summed E-state index contributed by atoms with van der Waals surface area (Å²) < 4.78 is 16.4. The number of morpholine rings is 1. The molecule has 0 saturated carbocycles. The maximum Gasteiger partial charge on any atom is 0.250 e. The second kappa shape index (κ2) is 12.4. The minimum absolute atomic E-state index is 0.227. The zero-order valence-corrected chi connectivity index (χ0v) is 25.3. The van der Waals surface area contributed by atoms with E-state index >= 15 is 0 Å². The Balaban J connectivity index is 1.52. The highest BCUT2D eigenvalue weighted by molar-refractivity contribution is 6.41. The number of amides is 1. The van der Waals surface area contributed by atoms with Crippen LogP contribution >= 0.6 is 23.2 Å². The molecule has 0 atom stereocenters. The van der Waals surface area contributed by atoms with Crippen LogP contribution in [0.1, 0.15) is 5.56 Å². The number of benzene rings is 3. The number of nitrogens with zero attached hydrogens (tertiary/aromatic N) is 4. The normalized spacial score (nSPS) is 13.1. The Bertz CT molecular complexity index is 1650. The van der Waals surface area contributed by atoms with Crippen LogP contribution < -0.4 is 24.6 Å². The van der Waals surface area contributed by atoms with Crippen LogP contribution in [0.2, 0.25) is 10.0 Å². The topological polar surface area (TPSA) is 89.1 Å². The number of aromatic nitrogens is 2. The first-order valence-corrected chi connectivity index (χ1v) is 14.0. The molecule has 1 aliphatic rings. The van der Waals surface area contributed by atoms with Gasteiger partial charge in [0.1, 0.15) is 11.5 Å². The Morgan fingerprint density at radius 3 is 2.43 bits per heavy atom. The minimum atomic E-state index is -0.227. The Morgan fingerprint density at radius 2 is 1.79 bits per heavy atom. The van der Waals surface area contributed by atoms with Crippen molar-refractivity contribution in [3.8, 4) is 22.6 Å². The molecule has 3 aromatic carbocycles. The SMILES string of the molecule is C=CC(=O)N(C)c1cc(N2CCOCC2)cc(C)c1Nc1ncc2cc(-c3c(Cl)c(OC)cc(OC)c3Cl)ccc2n1. The zero-order chi connectivity index (χ0) is 30.0. The summed E-state index contributed by atoms with van der Waals surface area (Å²) in [5, 5.41) is 4.89. The van der Waals surface area contributed by atoms with E-state index in [4.69, 9.17) is 42.4 Å². The lowest BCUT2D eigenvalue weighted by Crippen LogP contribution is -2.36. The summed E-state index contributed by atoms with van der Waals surface area (Å²) in [6.07, 6.45) is 3.02. The average molecular weight is 609 g/mol. The molecule has 1 aliphatic heterocycles. The summed E-state index contributed by atoms with van der Waals surface area (Å²) in [6, 6.07) is 11.4. The monoisotopic (exact) mass is 607 g/mol. The van der Waals surface area contributed by atoms with Crippen LogP contribution in [0.4, 0.5) is 23.0 Å². The number of fused-ring (bicyclic) bond motifs is 1. The molecule has 0 radical (unpaired) electrons. The van der Waals surface area contributed by atoms with Gasteiger partial charge in [-0.1, -0.05) is 35.8 Å². The Labute approximate surface area is 254 Å². The van der Waals surface area contributed by atoms with Crippen molar-refractivity contribution in [2.75, 3.05) is 62.7 Å². The lowest BCUT2D eigenvalue weighted by atomic mass is 10.0. The summed E-state index contributed by atoms with van der Waals surface area (Å²) in [7, 11) is 4.80. The maximum absolute atomic E-state index is 12.6. The van der Waals surface area contributed by atoms with E-state index in [0.717, 1.165) is 41.0 Å². The van der Waals surface area contributed by atoms with Crippen LogP contribution in [0.15, 0.2) is 55.3 Å². The van der Waals surface area contributed by atoms with Gasteiger partial charge in [-0.05, 0) is 48.4 Å². The van der Waals surface area contributed by atoms with E-state index in [-0.39, 0.29) is 5.91 Å². The molecule has 11 heteroatoms. The van der Waals surface area contributed by atoms with Gasteiger partial charge in [0.2, 0.25) is 11.9 Å². The number of carbonyl (C=O) groups is 1. The quantitative estimate of drug-likeness (QED) is 0.222. The van der Waals surface area contributed by atoms with E-state index in [0.29, 0.717) is 57.5 Å². The standard InChI is InChI=1S/C31H31Cl2N5O4/c1-6-26(39)37(3)23-15-21(38-9-11-42-12-10-38)13-18(2)30(23)36-31-34-17-20-14-19(7-8-22(20)35-31)27-28(32)24(40-4)16-25(41-5)29(27)33/h6-8,13-17H,1,9-12H2,2-5H3,(H,34,35,36). The lowest BCUT2D eigenvalue weighted by molar-refractivity contribution is -0.113. The molecule has 1 saturated heterocycles. The van der Waals surface area contributed by atoms with Crippen molar-refractivity contribution in [3.05, 3.63) is 70.9 Å². The van der Waals surface area contributed by atoms with E-state index in [9.17, 15) is 4.79 Å². The number of hydrogen-bond donors (Lipinski definition) is 1. The van der Waals surface area contributed by atoms with Gasteiger partial charge in [0.05, 0.1) is 54.4 Å². The van der Waals surface area contributed by atoms with Gasteiger partial charge in [0.15, 0.2) is 0 Å². The van der Waals surface area contributed by atoms with Gasteiger partial charge < -0.3 is 29.3 Å². The molecule has 0 bridgehead atoms. The predicted molar refractivity (Wildman–Crippen MR) is 169 cm³/mol. The number of aryl methyl sites for hydroxylation is 1. The molecule has 0 unspecified atom stereocenters. The highest BCUT2D eigenvalue weighted by Crippen LogP contribution is 2.46. The summed E-state index contributed by atoms with van der Waals surface area (Å²) in [4.78, 5) is 25.8. The molecule has 0 aliphatic carbocycles. The summed E-state index contributed by atoms with van der Waals surface area (Å²) in [5.41, 5.74) is 5.43. The molecule has 218 valence electrons. The number of methoxy groups -OCH3 is 2. The predicted octanol–water partition coefficient (Wildman–Crippen LogP) is 6.66. The molecule has 5 rings (SSSR count). The molecule has 1 fully saturated rings. The highest BCUT2D eigenvalue weighted by Gasteiger charge is 2.21. The smallest absolute Gasteiger partial charge is 0.250 e. The van der Waals surface area contributed by atoms with Gasteiger partial charge in [0.25, 0.3) is 0 Å². The van der Waals surface area contributed by atoms with Gasteiger partial charge in [-0.25, -0.2) is 9.97 Å². The van der Waals surface area contributed by atoms with Crippen molar-refractivity contribution >= 4 is 63.0 Å². The molecule has 2 heterocycles. The van der Waals surface area contributed by atoms with Crippen molar-refractivity contribution < 1.29 is 19.0 Å². The Kier molecular flexibility index (Phi) is 8.72. The van der Waals surface area contributed by atoms with Crippen LogP contribution in [0, 0.1) is 6.92 Å². The second-order valence-electron chi connectivity index (χ2n) is 9.73. The Morgan fingerprint density at radius 1 is 1.10 bits per heavy atom. The molecular weight excluding hydrogens is 577 g/mol. The number of ether oxygens (including phenoxy) is 3. The molecule has 1 N–H and O–H groups in total. The molecular formula is C31H31Cl2N5O4. The van der Waals surface area contributed by atoms with Crippen molar-refractivity contribution in [2.45, 2.75) is 6.92 Å². The van der Waals surface area contributed by atoms with Gasteiger partial charge >= 0.3 is 0 Å². The lowest BCUT2D eigenvalue weighted by Gasteiger charge is -2.31. The minimum Gasteiger partial charge on any atom is -0.495 e. The maximum atomic E-state index is 12.6. The number of likely N-dealkylation sites (N-methyl/N-ethyl adjacent to an activating group) is 1. The van der Waals surface area contributed by atoms with Crippen molar-refractivity contribution in [1.82, 2.24) is 9.97 Å². The summed E-state index contributed by atoms with van der Waals surface area (Å²) >= 11 is 13.3. The molecule has 0 spiro atoms.